The molecule has 1 aliphatic rings. The first kappa shape index (κ1) is 11.9. The van der Waals surface area contributed by atoms with Gasteiger partial charge < -0.3 is 5.32 Å². The van der Waals surface area contributed by atoms with Gasteiger partial charge in [0.2, 0.25) is 10.9 Å². The average Bonchev–Trinajstić information content (AvgIpc) is 2.02. The SMILES string of the molecule is CC(C)(C)NC1CCN([SH](=O)=O)CC1. The molecule has 0 aliphatic carbocycles. The Bertz CT molecular complexity index is 242. The van der Waals surface area contributed by atoms with Crippen molar-refractivity contribution in [2.24, 2.45) is 0 Å². The van der Waals surface area contributed by atoms with Crippen LogP contribution in [0.1, 0.15) is 33.6 Å². The summed E-state index contributed by atoms with van der Waals surface area (Å²) in [7, 11) is -2.37. The van der Waals surface area contributed by atoms with Crippen LogP contribution < -0.4 is 5.32 Å². The summed E-state index contributed by atoms with van der Waals surface area (Å²) in [4.78, 5) is 0. The Morgan fingerprint density at radius 2 is 1.71 bits per heavy atom. The van der Waals surface area contributed by atoms with Gasteiger partial charge >= 0.3 is 0 Å². The maximum atomic E-state index is 10.7. The van der Waals surface area contributed by atoms with Crippen molar-refractivity contribution in [1.82, 2.24) is 9.62 Å². The molecule has 14 heavy (non-hydrogen) atoms. The summed E-state index contributed by atoms with van der Waals surface area (Å²) >= 11 is 0. The van der Waals surface area contributed by atoms with Crippen molar-refractivity contribution < 1.29 is 8.42 Å². The van der Waals surface area contributed by atoms with Crippen LogP contribution in [0.4, 0.5) is 0 Å². The van der Waals surface area contributed by atoms with Gasteiger partial charge in [0, 0.05) is 24.7 Å². The van der Waals surface area contributed by atoms with Crippen LogP contribution in [0.5, 0.6) is 0 Å². The number of nitrogens with zero attached hydrogens (tertiary/aromatic N) is 1. The molecule has 0 bridgehead atoms. The normalized spacial score (nSPS) is 21.7. The number of hydrogen-bond donors (Lipinski definition) is 2. The maximum absolute atomic E-state index is 10.7. The summed E-state index contributed by atoms with van der Waals surface area (Å²) in [6.45, 7) is 7.72. The van der Waals surface area contributed by atoms with E-state index in [0.717, 1.165) is 12.8 Å². The summed E-state index contributed by atoms with van der Waals surface area (Å²) in [5, 5.41) is 3.49. The van der Waals surface area contributed by atoms with E-state index in [0.29, 0.717) is 19.1 Å². The smallest absolute Gasteiger partial charge is 0.203 e. The molecule has 1 rings (SSSR count). The fourth-order valence-corrected chi connectivity index (χ4v) is 2.34. The molecule has 0 aromatic rings. The predicted octanol–water partition coefficient (Wildman–Crippen LogP) is 0.365. The van der Waals surface area contributed by atoms with Crippen LogP contribution in [0, 0.1) is 0 Å². The van der Waals surface area contributed by atoms with Gasteiger partial charge in [0.05, 0.1) is 0 Å². The first-order chi connectivity index (χ1) is 6.38. The highest BCUT2D eigenvalue weighted by Gasteiger charge is 2.23. The van der Waals surface area contributed by atoms with Crippen molar-refractivity contribution >= 4 is 10.9 Å². The van der Waals surface area contributed by atoms with Crippen molar-refractivity contribution in [3.8, 4) is 0 Å². The van der Waals surface area contributed by atoms with Gasteiger partial charge in [-0.2, -0.15) is 0 Å². The standard InChI is InChI=1S/C9H20N2O2S/c1-9(2,3)10-8-4-6-11(7-5-8)14(12)13/h8,10,14H,4-7H2,1-3H3. The van der Waals surface area contributed by atoms with Gasteiger partial charge in [-0.3, -0.25) is 0 Å². The van der Waals surface area contributed by atoms with Crippen LogP contribution in [0.2, 0.25) is 0 Å². The van der Waals surface area contributed by atoms with Gasteiger partial charge in [-0.1, -0.05) is 0 Å². The van der Waals surface area contributed by atoms with Crippen LogP contribution in [-0.2, 0) is 10.9 Å². The molecule has 1 fully saturated rings. The molecule has 0 aromatic heterocycles. The second kappa shape index (κ2) is 4.59. The highest BCUT2D eigenvalue weighted by atomic mass is 32.2. The topological polar surface area (TPSA) is 49.4 Å². The van der Waals surface area contributed by atoms with E-state index in [1.807, 2.05) is 0 Å². The van der Waals surface area contributed by atoms with Crippen LogP contribution >= 0.6 is 0 Å². The molecule has 1 saturated heterocycles. The van der Waals surface area contributed by atoms with Crippen molar-refractivity contribution in [3.63, 3.8) is 0 Å². The summed E-state index contributed by atoms with van der Waals surface area (Å²) in [5.74, 6) is 0. The Balaban J connectivity index is 2.36. The van der Waals surface area contributed by atoms with Gasteiger partial charge in [-0.25, -0.2) is 12.7 Å². The minimum absolute atomic E-state index is 0.118. The molecule has 0 amide bonds. The monoisotopic (exact) mass is 220 g/mol. The lowest BCUT2D eigenvalue weighted by Crippen LogP contribution is -2.48. The number of hydrogen-bond acceptors (Lipinski definition) is 3. The lowest BCUT2D eigenvalue weighted by molar-refractivity contribution is 0.254. The van der Waals surface area contributed by atoms with Gasteiger partial charge in [0.1, 0.15) is 0 Å². The molecule has 0 unspecified atom stereocenters. The van der Waals surface area contributed by atoms with Gasteiger partial charge in [0.25, 0.3) is 0 Å². The summed E-state index contributed by atoms with van der Waals surface area (Å²) < 4.78 is 22.9. The van der Waals surface area contributed by atoms with E-state index in [2.05, 4.69) is 26.1 Å². The first-order valence-electron chi connectivity index (χ1n) is 5.05. The molecule has 0 radical (unpaired) electrons. The Hall–Kier alpha value is -0.130. The molecule has 1 aliphatic heterocycles. The number of nitrogens with one attached hydrogen (secondary N) is 1. The van der Waals surface area contributed by atoms with Crippen LogP contribution in [0.3, 0.4) is 0 Å². The van der Waals surface area contributed by atoms with E-state index in [4.69, 9.17) is 0 Å². The maximum Gasteiger partial charge on any atom is 0.203 e. The Kier molecular flexibility index (Phi) is 3.92. The fraction of sp³-hybridized carbons (Fsp3) is 1.00. The number of thiol groups is 1. The van der Waals surface area contributed by atoms with E-state index in [-0.39, 0.29) is 5.54 Å². The summed E-state index contributed by atoms with van der Waals surface area (Å²) in [5.41, 5.74) is 0.118. The molecule has 0 spiro atoms. The average molecular weight is 220 g/mol. The third-order valence-corrected chi connectivity index (χ3v) is 3.20. The lowest BCUT2D eigenvalue weighted by Gasteiger charge is -2.33. The van der Waals surface area contributed by atoms with Crippen LogP contribution in [-0.4, -0.2) is 37.4 Å². The van der Waals surface area contributed by atoms with Gasteiger partial charge in [0.15, 0.2) is 0 Å². The quantitative estimate of drug-likeness (QED) is 0.661. The zero-order valence-electron chi connectivity index (χ0n) is 9.12. The fourth-order valence-electron chi connectivity index (χ4n) is 1.79. The zero-order chi connectivity index (χ0) is 10.8. The van der Waals surface area contributed by atoms with Crippen LogP contribution in [0.15, 0.2) is 0 Å². The third-order valence-electron chi connectivity index (χ3n) is 2.34. The first-order valence-corrected chi connectivity index (χ1v) is 6.18. The number of piperidine rings is 1. The second-order valence-corrected chi connectivity index (χ2v) is 5.90. The summed E-state index contributed by atoms with van der Waals surface area (Å²) in [6, 6.07) is 0.459. The predicted molar refractivity (Wildman–Crippen MR) is 57.8 cm³/mol. The highest BCUT2D eigenvalue weighted by molar-refractivity contribution is 7.69. The number of rotatable bonds is 2. The van der Waals surface area contributed by atoms with E-state index < -0.39 is 10.9 Å². The molecule has 1 heterocycles. The molecule has 0 aromatic carbocycles. The molecule has 0 atom stereocenters. The molecule has 0 saturated carbocycles. The van der Waals surface area contributed by atoms with E-state index in [9.17, 15) is 8.42 Å². The molecule has 4 nitrogen and oxygen atoms in total. The highest BCUT2D eigenvalue weighted by Crippen LogP contribution is 2.13. The van der Waals surface area contributed by atoms with Crippen molar-refractivity contribution in [3.05, 3.63) is 0 Å². The molecule has 84 valence electrons. The summed E-state index contributed by atoms with van der Waals surface area (Å²) in [6.07, 6.45) is 1.83. The minimum Gasteiger partial charge on any atom is -0.309 e. The van der Waals surface area contributed by atoms with Gasteiger partial charge in [-0.05, 0) is 33.6 Å². The zero-order valence-corrected chi connectivity index (χ0v) is 10.0. The minimum atomic E-state index is -2.37. The second-order valence-electron chi connectivity index (χ2n) is 4.86. The molecular formula is C9H20N2O2S. The van der Waals surface area contributed by atoms with Crippen molar-refractivity contribution in [2.75, 3.05) is 13.1 Å². The van der Waals surface area contributed by atoms with E-state index >= 15 is 0 Å². The van der Waals surface area contributed by atoms with E-state index in [1.165, 1.54) is 4.31 Å². The van der Waals surface area contributed by atoms with Crippen molar-refractivity contribution in [1.29, 1.82) is 0 Å². The van der Waals surface area contributed by atoms with Gasteiger partial charge in [-0.15, -0.1) is 0 Å². The van der Waals surface area contributed by atoms with Crippen molar-refractivity contribution in [2.45, 2.75) is 45.2 Å². The van der Waals surface area contributed by atoms with E-state index in [1.54, 1.807) is 0 Å². The molecular weight excluding hydrogens is 200 g/mol. The van der Waals surface area contributed by atoms with Crippen LogP contribution in [0.25, 0.3) is 0 Å². The third kappa shape index (κ3) is 3.94. The lowest BCUT2D eigenvalue weighted by atomic mass is 10.0. The Morgan fingerprint density at radius 3 is 2.07 bits per heavy atom. The molecule has 5 heteroatoms. The molecule has 1 N–H and O–H groups in total. The Morgan fingerprint density at radius 1 is 1.21 bits per heavy atom. The Labute approximate surface area is 87.8 Å². The largest absolute Gasteiger partial charge is 0.309 e.